The van der Waals surface area contributed by atoms with Crippen molar-refractivity contribution >= 4 is 17.3 Å². The Morgan fingerprint density at radius 3 is 2.70 bits per heavy atom. The molecule has 0 radical (unpaired) electrons. The minimum Gasteiger partial charge on any atom is -0.369 e. The van der Waals surface area contributed by atoms with Gasteiger partial charge in [0.15, 0.2) is 0 Å². The lowest BCUT2D eigenvalue weighted by Gasteiger charge is -2.39. The summed E-state index contributed by atoms with van der Waals surface area (Å²) in [7, 11) is 0. The molecule has 1 N–H and O–H groups in total. The van der Waals surface area contributed by atoms with Gasteiger partial charge in [0.2, 0.25) is 0 Å². The zero-order valence-electron chi connectivity index (χ0n) is 11.8. The van der Waals surface area contributed by atoms with Crippen LogP contribution in [0.4, 0.5) is 5.69 Å². The number of nitrogens with zero attached hydrogens (tertiary/aromatic N) is 3. The highest BCUT2D eigenvalue weighted by Gasteiger charge is 2.31. The molecule has 0 aromatic carbocycles. The van der Waals surface area contributed by atoms with Crippen molar-refractivity contribution < 1.29 is 0 Å². The van der Waals surface area contributed by atoms with Gasteiger partial charge >= 0.3 is 0 Å². The first kappa shape index (κ1) is 13.9. The number of rotatable bonds is 2. The van der Waals surface area contributed by atoms with Crippen LogP contribution in [0.15, 0.2) is 11.0 Å². The van der Waals surface area contributed by atoms with Crippen LogP contribution in [0.5, 0.6) is 0 Å². The number of hydrogen-bond acceptors (Lipinski definition) is 4. The predicted octanol–water partition coefficient (Wildman–Crippen LogP) is 1.88. The Morgan fingerprint density at radius 2 is 2.05 bits per heavy atom. The van der Waals surface area contributed by atoms with Gasteiger partial charge in [0.1, 0.15) is 5.02 Å². The molecule has 2 fully saturated rings. The van der Waals surface area contributed by atoms with Crippen LogP contribution in [-0.4, -0.2) is 46.8 Å². The fourth-order valence-electron chi connectivity index (χ4n) is 3.53. The summed E-state index contributed by atoms with van der Waals surface area (Å²) < 4.78 is 0. The zero-order chi connectivity index (χ0) is 14.1. The van der Waals surface area contributed by atoms with Crippen molar-refractivity contribution in [1.82, 2.24) is 15.1 Å². The van der Waals surface area contributed by atoms with E-state index in [9.17, 15) is 4.79 Å². The van der Waals surface area contributed by atoms with Crippen LogP contribution >= 0.6 is 11.6 Å². The van der Waals surface area contributed by atoms with E-state index in [1.54, 1.807) is 6.20 Å². The normalized spacial score (nSPS) is 25.3. The molecule has 1 atom stereocenters. The predicted molar refractivity (Wildman–Crippen MR) is 80.5 cm³/mol. The van der Waals surface area contributed by atoms with Crippen molar-refractivity contribution in [3.63, 3.8) is 0 Å². The minimum absolute atomic E-state index is 0.257. The Kier molecular flexibility index (Phi) is 3.98. The van der Waals surface area contributed by atoms with E-state index in [1.165, 1.54) is 19.4 Å². The van der Waals surface area contributed by atoms with E-state index in [-0.39, 0.29) is 10.6 Å². The van der Waals surface area contributed by atoms with Gasteiger partial charge in [0.05, 0.1) is 11.9 Å². The van der Waals surface area contributed by atoms with Gasteiger partial charge in [-0.15, -0.1) is 0 Å². The summed E-state index contributed by atoms with van der Waals surface area (Å²) in [6, 6.07) is 1.40. The number of hydrogen-bond donors (Lipinski definition) is 1. The summed E-state index contributed by atoms with van der Waals surface area (Å²) in [5.41, 5.74) is 0.461. The second kappa shape index (κ2) is 5.74. The molecule has 2 aliphatic rings. The molecule has 0 amide bonds. The zero-order valence-corrected chi connectivity index (χ0v) is 12.6. The van der Waals surface area contributed by atoms with Crippen molar-refractivity contribution in [2.24, 2.45) is 0 Å². The number of likely N-dealkylation sites (tertiary alicyclic amines) is 1. The van der Waals surface area contributed by atoms with Gasteiger partial charge in [-0.05, 0) is 39.2 Å². The molecule has 2 saturated heterocycles. The van der Waals surface area contributed by atoms with Crippen molar-refractivity contribution in [3.05, 3.63) is 21.6 Å². The molecule has 110 valence electrons. The van der Waals surface area contributed by atoms with Gasteiger partial charge in [0.25, 0.3) is 5.56 Å². The summed E-state index contributed by atoms with van der Waals surface area (Å²) in [6.45, 7) is 5.45. The number of H-pyrrole nitrogens is 1. The Hall–Kier alpha value is -1.07. The summed E-state index contributed by atoms with van der Waals surface area (Å²) >= 11 is 6.08. The van der Waals surface area contributed by atoms with Crippen molar-refractivity contribution in [3.8, 4) is 0 Å². The average molecular weight is 297 g/mol. The largest absolute Gasteiger partial charge is 0.369 e. The monoisotopic (exact) mass is 296 g/mol. The van der Waals surface area contributed by atoms with Crippen LogP contribution in [0.25, 0.3) is 0 Å². The van der Waals surface area contributed by atoms with Gasteiger partial charge in [0, 0.05) is 25.2 Å². The maximum Gasteiger partial charge on any atom is 0.285 e. The lowest BCUT2D eigenvalue weighted by molar-refractivity contribution is 0.163. The Labute approximate surface area is 123 Å². The molecule has 0 saturated carbocycles. The molecule has 1 aromatic heterocycles. The number of halogens is 1. The van der Waals surface area contributed by atoms with E-state index in [1.807, 2.05) is 0 Å². The third-order valence-corrected chi connectivity index (χ3v) is 5.02. The molecule has 1 aromatic rings. The van der Waals surface area contributed by atoms with Crippen LogP contribution in [0.3, 0.4) is 0 Å². The third-order valence-electron chi connectivity index (χ3n) is 4.66. The summed E-state index contributed by atoms with van der Waals surface area (Å²) in [6.07, 6.45) is 6.57. The van der Waals surface area contributed by atoms with Crippen molar-refractivity contribution in [2.45, 2.75) is 44.7 Å². The van der Waals surface area contributed by atoms with E-state index in [0.717, 1.165) is 37.7 Å². The van der Waals surface area contributed by atoms with Gasteiger partial charge in [-0.1, -0.05) is 11.6 Å². The van der Waals surface area contributed by atoms with E-state index in [2.05, 4.69) is 26.9 Å². The van der Waals surface area contributed by atoms with Crippen LogP contribution in [0.2, 0.25) is 5.02 Å². The Balaban J connectivity index is 1.66. The van der Waals surface area contributed by atoms with Crippen molar-refractivity contribution in [1.29, 1.82) is 0 Å². The maximum absolute atomic E-state index is 11.5. The van der Waals surface area contributed by atoms with E-state index >= 15 is 0 Å². The van der Waals surface area contributed by atoms with Gasteiger partial charge in [-0.25, -0.2) is 5.10 Å². The first-order chi connectivity index (χ1) is 9.66. The highest BCUT2D eigenvalue weighted by atomic mass is 35.5. The average Bonchev–Trinajstić information content (AvgIpc) is 2.88. The van der Waals surface area contributed by atoms with E-state index < -0.39 is 0 Å². The molecular formula is C14H21ClN4O. The lowest BCUT2D eigenvalue weighted by atomic mass is 10.0. The van der Waals surface area contributed by atoms with Crippen LogP contribution in [0.1, 0.15) is 32.6 Å². The Morgan fingerprint density at radius 1 is 1.30 bits per heavy atom. The lowest BCUT2D eigenvalue weighted by Crippen LogP contribution is -2.46. The smallest absolute Gasteiger partial charge is 0.285 e. The number of nitrogens with one attached hydrogen (secondary N) is 1. The van der Waals surface area contributed by atoms with Gasteiger partial charge < -0.3 is 4.90 Å². The Bertz CT molecular complexity index is 524. The molecule has 20 heavy (non-hydrogen) atoms. The topological polar surface area (TPSA) is 52.2 Å². The molecule has 5 nitrogen and oxygen atoms in total. The number of aromatic amines is 1. The van der Waals surface area contributed by atoms with Crippen LogP contribution in [-0.2, 0) is 0 Å². The maximum atomic E-state index is 11.5. The number of anilines is 1. The standard InChI is InChI=1S/C14H21ClN4O/c1-10-3-2-6-19(10)11-4-7-18(8-5-11)12-9-16-17-14(20)13(12)15/h9-11H,2-8H2,1H3,(H,17,20). The van der Waals surface area contributed by atoms with Gasteiger partial charge in [-0.2, -0.15) is 5.10 Å². The first-order valence-electron chi connectivity index (χ1n) is 7.40. The molecule has 3 rings (SSSR count). The fourth-order valence-corrected chi connectivity index (χ4v) is 3.74. The minimum atomic E-state index is -0.306. The highest BCUT2D eigenvalue weighted by Crippen LogP contribution is 2.29. The molecule has 0 spiro atoms. The molecular weight excluding hydrogens is 276 g/mol. The first-order valence-corrected chi connectivity index (χ1v) is 7.78. The highest BCUT2D eigenvalue weighted by molar-refractivity contribution is 6.32. The number of aromatic nitrogens is 2. The summed E-state index contributed by atoms with van der Waals surface area (Å²) in [5.74, 6) is 0. The van der Waals surface area contributed by atoms with Gasteiger partial charge in [-0.3, -0.25) is 9.69 Å². The van der Waals surface area contributed by atoms with Crippen LogP contribution in [0, 0.1) is 0 Å². The van der Waals surface area contributed by atoms with Crippen LogP contribution < -0.4 is 10.5 Å². The molecule has 0 bridgehead atoms. The quantitative estimate of drug-likeness (QED) is 0.905. The summed E-state index contributed by atoms with van der Waals surface area (Å²) in [5, 5.41) is 6.48. The second-order valence-electron chi connectivity index (χ2n) is 5.85. The number of piperidine rings is 1. The fraction of sp³-hybridized carbons (Fsp3) is 0.714. The molecule has 6 heteroatoms. The second-order valence-corrected chi connectivity index (χ2v) is 6.22. The van der Waals surface area contributed by atoms with E-state index in [0.29, 0.717) is 6.04 Å². The SMILES string of the molecule is CC1CCCN1C1CCN(c2cn[nH]c(=O)c2Cl)CC1. The van der Waals surface area contributed by atoms with Crippen molar-refractivity contribution in [2.75, 3.05) is 24.5 Å². The molecule has 2 aliphatic heterocycles. The molecule has 1 unspecified atom stereocenters. The third kappa shape index (κ3) is 2.56. The molecule has 3 heterocycles. The molecule has 0 aliphatic carbocycles. The summed E-state index contributed by atoms with van der Waals surface area (Å²) in [4.78, 5) is 16.3. The van der Waals surface area contributed by atoms with E-state index in [4.69, 9.17) is 11.6 Å².